The molecule has 1 unspecified atom stereocenters. The van der Waals surface area contributed by atoms with Crippen LogP contribution in [0.3, 0.4) is 0 Å². The van der Waals surface area contributed by atoms with E-state index in [4.69, 9.17) is 0 Å². The van der Waals surface area contributed by atoms with E-state index < -0.39 is 0 Å². The van der Waals surface area contributed by atoms with Crippen molar-refractivity contribution in [2.45, 2.75) is 26.4 Å². The Labute approximate surface area is 96.7 Å². The van der Waals surface area contributed by atoms with Gasteiger partial charge in [0, 0.05) is 11.9 Å². The first-order valence-corrected chi connectivity index (χ1v) is 6.28. The van der Waals surface area contributed by atoms with E-state index in [1.54, 1.807) is 0 Å². The van der Waals surface area contributed by atoms with Crippen LogP contribution in [-0.2, 0) is 0 Å². The van der Waals surface area contributed by atoms with Gasteiger partial charge in [0.05, 0.1) is 6.10 Å². The molecular weight excluding hydrogens is 264 g/mol. The van der Waals surface area contributed by atoms with Gasteiger partial charge < -0.3 is 10.4 Å². The highest BCUT2D eigenvalue weighted by Crippen LogP contribution is 2.19. The van der Waals surface area contributed by atoms with Crippen LogP contribution in [0.25, 0.3) is 0 Å². The Morgan fingerprint density at radius 3 is 2.86 bits per heavy atom. The third kappa shape index (κ3) is 4.39. The van der Waals surface area contributed by atoms with E-state index in [1.807, 2.05) is 5.38 Å². The van der Waals surface area contributed by atoms with Crippen molar-refractivity contribution in [3.05, 3.63) is 9.98 Å². The summed E-state index contributed by atoms with van der Waals surface area (Å²) in [5, 5.41) is 15.4. The Hall–Kier alpha value is -0.130. The Bertz CT molecular complexity index is 278. The number of hydrogen-bond donors (Lipinski definition) is 2. The summed E-state index contributed by atoms with van der Waals surface area (Å²) in [4.78, 5) is 4.17. The fraction of sp³-hybridized carbons (Fsp3) is 0.667. The quantitative estimate of drug-likeness (QED) is 0.871. The molecule has 0 aliphatic heterocycles. The lowest BCUT2D eigenvalue weighted by atomic mass is 10.1. The number of thiazole rings is 1. The van der Waals surface area contributed by atoms with Gasteiger partial charge in [0.2, 0.25) is 0 Å². The van der Waals surface area contributed by atoms with Crippen LogP contribution >= 0.6 is 27.3 Å². The number of nitrogens with one attached hydrogen (secondary N) is 1. The van der Waals surface area contributed by atoms with Crippen LogP contribution in [0.15, 0.2) is 9.98 Å². The van der Waals surface area contributed by atoms with Crippen molar-refractivity contribution < 1.29 is 5.11 Å². The fourth-order valence-electron chi connectivity index (χ4n) is 1.17. The van der Waals surface area contributed by atoms with E-state index in [0.29, 0.717) is 12.5 Å². The molecule has 1 heterocycles. The summed E-state index contributed by atoms with van der Waals surface area (Å²) >= 11 is 4.81. The Balaban J connectivity index is 2.26. The summed E-state index contributed by atoms with van der Waals surface area (Å²) < 4.78 is 0.836. The van der Waals surface area contributed by atoms with Gasteiger partial charge in [-0.25, -0.2) is 4.98 Å². The minimum atomic E-state index is -0.294. The van der Waals surface area contributed by atoms with Gasteiger partial charge in [0.1, 0.15) is 4.60 Å². The summed E-state index contributed by atoms with van der Waals surface area (Å²) in [6.45, 7) is 4.77. The van der Waals surface area contributed by atoms with Crippen molar-refractivity contribution in [3.8, 4) is 0 Å². The predicted octanol–water partition coefficient (Wildman–Crippen LogP) is 2.72. The van der Waals surface area contributed by atoms with Crippen LogP contribution in [0.4, 0.5) is 5.13 Å². The number of hydrogen-bond acceptors (Lipinski definition) is 4. The van der Waals surface area contributed by atoms with Gasteiger partial charge in [-0.2, -0.15) is 0 Å². The molecule has 0 saturated carbocycles. The number of halogens is 1. The normalized spacial score (nSPS) is 13.2. The Morgan fingerprint density at radius 2 is 2.36 bits per heavy atom. The molecule has 3 nitrogen and oxygen atoms in total. The van der Waals surface area contributed by atoms with Gasteiger partial charge in [-0.15, -0.1) is 11.3 Å². The molecule has 0 aliphatic rings. The molecule has 0 fully saturated rings. The maximum absolute atomic E-state index is 9.59. The predicted molar refractivity (Wildman–Crippen MR) is 63.8 cm³/mol. The Morgan fingerprint density at radius 1 is 1.64 bits per heavy atom. The van der Waals surface area contributed by atoms with Crippen LogP contribution < -0.4 is 5.32 Å². The zero-order valence-electron chi connectivity index (χ0n) is 8.33. The first-order valence-electron chi connectivity index (χ1n) is 4.61. The molecule has 0 spiro atoms. The van der Waals surface area contributed by atoms with Crippen LogP contribution in [0.5, 0.6) is 0 Å². The second-order valence-electron chi connectivity index (χ2n) is 3.64. The zero-order valence-corrected chi connectivity index (χ0v) is 10.7. The van der Waals surface area contributed by atoms with E-state index in [2.05, 4.69) is 40.1 Å². The SMILES string of the molecule is CC(C)CC(O)CNc1nc(Br)cs1. The smallest absolute Gasteiger partial charge is 0.183 e. The molecule has 1 aromatic rings. The van der Waals surface area contributed by atoms with E-state index in [1.165, 1.54) is 11.3 Å². The summed E-state index contributed by atoms with van der Waals surface area (Å²) in [6, 6.07) is 0. The molecule has 80 valence electrons. The van der Waals surface area contributed by atoms with Crippen molar-refractivity contribution in [2.24, 2.45) is 5.92 Å². The highest BCUT2D eigenvalue weighted by Gasteiger charge is 2.07. The minimum Gasteiger partial charge on any atom is -0.391 e. The van der Waals surface area contributed by atoms with Crippen molar-refractivity contribution in [3.63, 3.8) is 0 Å². The summed E-state index contributed by atoms with van der Waals surface area (Å²) in [7, 11) is 0. The van der Waals surface area contributed by atoms with Crippen LogP contribution in [0.1, 0.15) is 20.3 Å². The number of anilines is 1. The van der Waals surface area contributed by atoms with E-state index >= 15 is 0 Å². The van der Waals surface area contributed by atoms with E-state index in [0.717, 1.165) is 16.2 Å². The first kappa shape index (κ1) is 11.9. The van der Waals surface area contributed by atoms with Gasteiger partial charge in [-0.3, -0.25) is 0 Å². The largest absolute Gasteiger partial charge is 0.391 e. The van der Waals surface area contributed by atoms with Crippen LogP contribution in [-0.4, -0.2) is 22.7 Å². The third-order valence-corrected chi connectivity index (χ3v) is 3.22. The van der Waals surface area contributed by atoms with Crippen LogP contribution in [0.2, 0.25) is 0 Å². The highest BCUT2D eigenvalue weighted by atomic mass is 79.9. The van der Waals surface area contributed by atoms with Gasteiger partial charge in [-0.1, -0.05) is 13.8 Å². The maximum Gasteiger partial charge on any atom is 0.183 e. The number of nitrogens with zero attached hydrogens (tertiary/aromatic N) is 1. The first-order chi connectivity index (χ1) is 6.58. The molecule has 5 heteroatoms. The van der Waals surface area contributed by atoms with Crippen molar-refractivity contribution in [1.29, 1.82) is 0 Å². The van der Waals surface area contributed by atoms with Crippen molar-refractivity contribution in [1.82, 2.24) is 4.98 Å². The molecule has 0 saturated heterocycles. The average Bonchev–Trinajstić information content (AvgIpc) is 2.47. The monoisotopic (exact) mass is 278 g/mol. The molecule has 2 N–H and O–H groups in total. The molecule has 0 radical (unpaired) electrons. The highest BCUT2D eigenvalue weighted by molar-refractivity contribution is 9.10. The molecule has 0 bridgehead atoms. The lowest BCUT2D eigenvalue weighted by molar-refractivity contribution is 0.161. The second kappa shape index (κ2) is 5.68. The van der Waals surface area contributed by atoms with E-state index in [9.17, 15) is 5.11 Å². The number of rotatable bonds is 5. The Kier molecular flexibility index (Phi) is 4.84. The van der Waals surface area contributed by atoms with Crippen LogP contribution in [0, 0.1) is 5.92 Å². The van der Waals surface area contributed by atoms with Gasteiger partial charge in [-0.05, 0) is 28.3 Å². The average molecular weight is 279 g/mol. The molecule has 1 aromatic heterocycles. The summed E-state index contributed by atoms with van der Waals surface area (Å²) in [5.41, 5.74) is 0. The molecule has 0 amide bonds. The van der Waals surface area contributed by atoms with Crippen molar-refractivity contribution >= 4 is 32.4 Å². The van der Waals surface area contributed by atoms with Crippen molar-refractivity contribution in [2.75, 3.05) is 11.9 Å². The minimum absolute atomic E-state index is 0.294. The molecule has 0 aromatic carbocycles. The standard InChI is InChI=1S/C9H15BrN2OS/c1-6(2)3-7(13)4-11-9-12-8(10)5-14-9/h5-7,13H,3-4H2,1-2H3,(H,11,12). The number of aromatic nitrogens is 1. The molecular formula is C9H15BrN2OS. The van der Waals surface area contributed by atoms with Gasteiger partial charge >= 0.3 is 0 Å². The number of aliphatic hydroxyl groups is 1. The summed E-state index contributed by atoms with van der Waals surface area (Å²) in [5.74, 6) is 0.523. The third-order valence-electron chi connectivity index (χ3n) is 1.71. The molecule has 14 heavy (non-hydrogen) atoms. The maximum atomic E-state index is 9.59. The second-order valence-corrected chi connectivity index (χ2v) is 5.31. The molecule has 0 aliphatic carbocycles. The fourth-order valence-corrected chi connectivity index (χ4v) is 2.32. The molecule has 1 rings (SSSR count). The molecule has 1 atom stereocenters. The summed E-state index contributed by atoms with van der Waals surface area (Å²) in [6.07, 6.45) is 0.525. The lowest BCUT2D eigenvalue weighted by Gasteiger charge is -2.12. The zero-order chi connectivity index (χ0) is 10.6. The number of aliphatic hydroxyl groups excluding tert-OH is 1. The lowest BCUT2D eigenvalue weighted by Crippen LogP contribution is -2.21. The van der Waals surface area contributed by atoms with Gasteiger partial charge in [0.15, 0.2) is 5.13 Å². The topological polar surface area (TPSA) is 45.1 Å². The van der Waals surface area contributed by atoms with E-state index in [-0.39, 0.29) is 6.10 Å². The van der Waals surface area contributed by atoms with Gasteiger partial charge in [0.25, 0.3) is 0 Å².